The average Bonchev–Trinajstić information content (AvgIpc) is 2.85. The summed E-state index contributed by atoms with van der Waals surface area (Å²) in [6, 6.07) is 14.0. The van der Waals surface area contributed by atoms with Crippen molar-refractivity contribution in [3.05, 3.63) is 58.6 Å². The van der Waals surface area contributed by atoms with Gasteiger partial charge < -0.3 is 9.21 Å². The molecule has 1 heterocycles. The van der Waals surface area contributed by atoms with Crippen LogP contribution < -0.4 is 4.74 Å². The van der Waals surface area contributed by atoms with E-state index in [2.05, 4.69) is 0 Å². The van der Waals surface area contributed by atoms with Crippen LogP contribution in [0.5, 0.6) is 5.75 Å². The SMILES string of the molecule is [B]n1c(-c2ccc([N+](=O)[O-])cc2)cc2ccc(OCC)cc21. The zero-order valence-electron chi connectivity index (χ0n) is 12.0. The van der Waals surface area contributed by atoms with E-state index in [0.717, 1.165) is 27.9 Å². The molecule has 0 amide bonds. The molecule has 0 atom stereocenters. The fraction of sp³-hybridized carbons (Fsp3) is 0.125. The quantitative estimate of drug-likeness (QED) is 0.420. The first-order valence-electron chi connectivity index (χ1n) is 6.88. The molecule has 3 rings (SSSR count). The summed E-state index contributed by atoms with van der Waals surface area (Å²) >= 11 is 0. The lowest BCUT2D eigenvalue weighted by Gasteiger charge is -2.06. The molecule has 108 valence electrons. The number of hydrogen-bond acceptors (Lipinski definition) is 3. The predicted molar refractivity (Wildman–Crippen MR) is 86.3 cm³/mol. The van der Waals surface area contributed by atoms with E-state index in [9.17, 15) is 10.1 Å². The number of nitro groups is 1. The Morgan fingerprint density at radius 3 is 2.55 bits per heavy atom. The minimum atomic E-state index is -0.420. The highest BCUT2D eigenvalue weighted by Crippen LogP contribution is 2.30. The fourth-order valence-electron chi connectivity index (χ4n) is 2.43. The molecule has 0 bridgehead atoms. The minimum absolute atomic E-state index is 0.0575. The van der Waals surface area contributed by atoms with Crippen molar-refractivity contribution in [1.82, 2.24) is 4.48 Å². The second-order valence-electron chi connectivity index (χ2n) is 4.86. The smallest absolute Gasteiger partial charge is 0.269 e. The Bertz CT molecular complexity index is 840. The Morgan fingerprint density at radius 2 is 1.91 bits per heavy atom. The van der Waals surface area contributed by atoms with E-state index in [-0.39, 0.29) is 5.69 Å². The third-order valence-corrected chi connectivity index (χ3v) is 3.50. The summed E-state index contributed by atoms with van der Waals surface area (Å²) in [7, 11) is 6.16. The van der Waals surface area contributed by atoms with Crippen LogP contribution in [0, 0.1) is 10.1 Å². The molecule has 0 aliphatic carbocycles. The second kappa shape index (κ2) is 5.56. The lowest BCUT2D eigenvalue weighted by Crippen LogP contribution is -1.96. The summed E-state index contributed by atoms with van der Waals surface area (Å²) in [5.41, 5.74) is 2.52. The van der Waals surface area contributed by atoms with Gasteiger partial charge in [0.2, 0.25) is 7.98 Å². The summed E-state index contributed by atoms with van der Waals surface area (Å²) < 4.78 is 7.05. The third kappa shape index (κ3) is 2.43. The largest absolute Gasteiger partial charge is 0.494 e. The number of non-ortho nitro benzene ring substituents is 1. The average molecular weight is 292 g/mol. The first kappa shape index (κ1) is 14.2. The van der Waals surface area contributed by atoms with Crippen molar-refractivity contribution < 1.29 is 9.66 Å². The molecule has 0 N–H and O–H groups in total. The number of benzene rings is 2. The molecular formula is C16H13BN2O3. The predicted octanol–water partition coefficient (Wildman–Crippen LogP) is 3.55. The summed E-state index contributed by atoms with van der Waals surface area (Å²) in [5, 5.41) is 11.7. The van der Waals surface area contributed by atoms with Crippen LogP contribution in [0.4, 0.5) is 5.69 Å². The van der Waals surface area contributed by atoms with E-state index >= 15 is 0 Å². The van der Waals surface area contributed by atoms with Gasteiger partial charge in [-0.3, -0.25) is 10.1 Å². The lowest BCUT2D eigenvalue weighted by atomic mass is 10.1. The highest BCUT2D eigenvalue weighted by molar-refractivity contribution is 6.14. The first-order valence-corrected chi connectivity index (χ1v) is 6.88. The summed E-state index contributed by atoms with van der Waals surface area (Å²) in [6.45, 7) is 2.51. The van der Waals surface area contributed by atoms with Crippen LogP contribution in [0.3, 0.4) is 0 Å². The normalized spacial score (nSPS) is 10.8. The van der Waals surface area contributed by atoms with E-state index < -0.39 is 4.92 Å². The van der Waals surface area contributed by atoms with Crippen molar-refractivity contribution >= 4 is 24.6 Å². The standard InChI is InChI=1S/C16H13BN2O3/c1-2-22-14-8-5-12-9-15(18(17)16(12)10-14)11-3-6-13(7-4-11)19(20)21/h3-10H,2H2,1H3. The Hall–Kier alpha value is -2.76. The van der Waals surface area contributed by atoms with Gasteiger partial charge in [0.05, 0.1) is 11.5 Å². The van der Waals surface area contributed by atoms with Gasteiger partial charge in [-0.05, 0) is 48.2 Å². The molecule has 1 aromatic heterocycles. The molecule has 2 aromatic carbocycles. The molecule has 0 spiro atoms. The van der Waals surface area contributed by atoms with E-state index in [0.29, 0.717) is 6.61 Å². The molecule has 3 aromatic rings. The summed E-state index contributed by atoms with van der Waals surface area (Å²) in [6.07, 6.45) is 0. The van der Waals surface area contributed by atoms with Gasteiger partial charge >= 0.3 is 0 Å². The van der Waals surface area contributed by atoms with E-state index in [1.807, 2.05) is 31.2 Å². The molecule has 0 aliphatic rings. The fourth-order valence-corrected chi connectivity index (χ4v) is 2.43. The number of ether oxygens (including phenoxy) is 1. The highest BCUT2D eigenvalue weighted by atomic mass is 16.6. The minimum Gasteiger partial charge on any atom is -0.494 e. The number of rotatable bonds is 4. The van der Waals surface area contributed by atoms with Crippen molar-refractivity contribution in [2.45, 2.75) is 6.92 Å². The Morgan fingerprint density at radius 1 is 1.18 bits per heavy atom. The zero-order chi connectivity index (χ0) is 15.7. The molecule has 2 radical (unpaired) electrons. The van der Waals surface area contributed by atoms with Gasteiger partial charge in [-0.1, -0.05) is 0 Å². The zero-order valence-corrected chi connectivity index (χ0v) is 12.0. The number of nitrogens with zero attached hydrogens (tertiary/aromatic N) is 2. The Kier molecular flexibility index (Phi) is 3.59. The lowest BCUT2D eigenvalue weighted by molar-refractivity contribution is -0.384. The summed E-state index contributed by atoms with van der Waals surface area (Å²) in [4.78, 5) is 10.3. The van der Waals surface area contributed by atoms with Crippen LogP contribution >= 0.6 is 0 Å². The van der Waals surface area contributed by atoms with E-state index in [1.165, 1.54) is 12.1 Å². The molecule has 0 fully saturated rings. The number of aromatic nitrogens is 1. The molecule has 0 aliphatic heterocycles. The molecule has 22 heavy (non-hydrogen) atoms. The van der Waals surface area contributed by atoms with Crippen LogP contribution in [-0.4, -0.2) is 24.0 Å². The van der Waals surface area contributed by atoms with Crippen molar-refractivity contribution in [1.29, 1.82) is 0 Å². The molecule has 6 heteroatoms. The maximum Gasteiger partial charge on any atom is 0.269 e. The van der Waals surface area contributed by atoms with Crippen molar-refractivity contribution in [3.8, 4) is 17.0 Å². The van der Waals surface area contributed by atoms with Crippen LogP contribution in [0.2, 0.25) is 0 Å². The van der Waals surface area contributed by atoms with Crippen LogP contribution in [-0.2, 0) is 0 Å². The molecule has 0 saturated heterocycles. The first-order chi connectivity index (χ1) is 10.6. The van der Waals surface area contributed by atoms with E-state index in [4.69, 9.17) is 12.7 Å². The second-order valence-corrected chi connectivity index (χ2v) is 4.86. The molecule has 0 unspecified atom stereocenters. The molecule has 5 nitrogen and oxygen atoms in total. The van der Waals surface area contributed by atoms with Crippen LogP contribution in [0.15, 0.2) is 48.5 Å². The van der Waals surface area contributed by atoms with Gasteiger partial charge in [0, 0.05) is 29.4 Å². The Balaban J connectivity index is 2.07. The number of hydrogen-bond donors (Lipinski definition) is 0. The van der Waals surface area contributed by atoms with Gasteiger partial charge in [-0.2, -0.15) is 0 Å². The molecular weight excluding hydrogens is 279 g/mol. The maximum atomic E-state index is 10.7. The van der Waals surface area contributed by atoms with Crippen molar-refractivity contribution in [3.63, 3.8) is 0 Å². The van der Waals surface area contributed by atoms with E-state index in [1.54, 1.807) is 16.6 Å². The van der Waals surface area contributed by atoms with Crippen molar-refractivity contribution in [2.24, 2.45) is 0 Å². The van der Waals surface area contributed by atoms with Gasteiger partial charge in [0.25, 0.3) is 5.69 Å². The third-order valence-electron chi connectivity index (χ3n) is 3.50. The van der Waals surface area contributed by atoms with Gasteiger partial charge in [-0.25, -0.2) is 0 Å². The van der Waals surface area contributed by atoms with Gasteiger partial charge in [-0.15, -0.1) is 0 Å². The van der Waals surface area contributed by atoms with Gasteiger partial charge in [0.1, 0.15) is 5.75 Å². The monoisotopic (exact) mass is 292 g/mol. The van der Waals surface area contributed by atoms with Gasteiger partial charge in [0.15, 0.2) is 0 Å². The topological polar surface area (TPSA) is 57.3 Å². The van der Waals surface area contributed by atoms with Crippen LogP contribution in [0.25, 0.3) is 22.2 Å². The summed E-state index contributed by atoms with van der Waals surface area (Å²) in [5.74, 6) is 0.759. The Labute approximate surface area is 128 Å². The highest BCUT2D eigenvalue weighted by Gasteiger charge is 2.10. The van der Waals surface area contributed by atoms with Crippen LogP contribution in [0.1, 0.15) is 6.92 Å². The number of fused-ring (bicyclic) bond motifs is 1. The molecule has 0 saturated carbocycles. The van der Waals surface area contributed by atoms with Crippen molar-refractivity contribution in [2.75, 3.05) is 6.61 Å². The maximum absolute atomic E-state index is 10.7. The number of nitro benzene ring substituents is 1.